The molecule has 0 radical (unpaired) electrons. The van der Waals surface area contributed by atoms with E-state index in [1.165, 1.54) is 11.5 Å². The van der Waals surface area contributed by atoms with Crippen molar-refractivity contribution < 1.29 is 9.90 Å². The van der Waals surface area contributed by atoms with Gasteiger partial charge < -0.3 is 10.4 Å². The van der Waals surface area contributed by atoms with E-state index in [1.807, 2.05) is 0 Å². The van der Waals surface area contributed by atoms with Gasteiger partial charge in [-0.1, -0.05) is 20.8 Å². The quantitative estimate of drug-likeness (QED) is 0.862. The first-order valence-corrected chi connectivity index (χ1v) is 6.42. The van der Waals surface area contributed by atoms with Gasteiger partial charge in [0.2, 0.25) is 5.13 Å². The third kappa shape index (κ3) is 2.57. The van der Waals surface area contributed by atoms with Crippen molar-refractivity contribution in [2.45, 2.75) is 39.0 Å². The Morgan fingerprint density at radius 3 is 2.59 bits per heavy atom. The average Bonchev–Trinajstić information content (AvgIpc) is 2.85. The van der Waals surface area contributed by atoms with E-state index in [9.17, 15) is 4.79 Å². The molecule has 0 amide bonds. The van der Waals surface area contributed by atoms with Gasteiger partial charge in [0, 0.05) is 23.5 Å². The van der Waals surface area contributed by atoms with Crippen LogP contribution in [0.3, 0.4) is 0 Å². The summed E-state index contributed by atoms with van der Waals surface area (Å²) in [6.07, 6.45) is 1.50. The summed E-state index contributed by atoms with van der Waals surface area (Å²) in [4.78, 5) is 15.4. The molecule has 1 fully saturated rings. The molecular formula is C11H17N3O2S. The summed E-state index contributed by atoms with van der Waals surface area (Å²) in [6, 6.07) is 0. The number of carboxylic acids is 1. The maximum Gasteiger partial charge on any atom is 0.311 e. The predicted octanol–water partition coefficient (Wildman–Crippen LogP) is 2.11. The van der Waals surface area contributed by atoms with Crippen LogP contribution in [0.25, 0.3) is 0 Å². The molecule has 1 aliphatic carbocycles. The minimum atomic E-state index is -0.717. The van der Waals surface area contributed by atoms with E-state index in [0.29, 0.717) is 11.7 Å². The van der Waals surface area contributed by atoms with Crippen molar-refractivity contribution >= 4 is 22.6 Å². The van der Waals surface area contributed by atoms with Crippen molar-refractivity contribution in [2.24, 2.45) is 5.41 Å². The van der Waals surface area contributed by atoms with Gasteiger partial charge in [0.1, 0.15) is 5.82 Å². The van der Waals surface area contributed by atoms with Gasteiger partial charge in [0.15, 0.2) is 0 Å². The molecule has 17 heavy (non-hydrogen) atoms. The first-order valence-electron chi connectivity index (χ1n) is 5.65. The highest BCUT2D eigenvalue weighted by Gasteiger charge is 2.50. The third-order valence-corrected chi connectivity index (χ3v) is 3.65. The normalized spacial score (nSPS) is 17.8. The molecule has 1 aliphatic rings. The topological polar surface area (TPSA) is 75.1 Å². The van der Waals surface area contributed by atoms with Crippen molar-refractivity contribution in [3.63, 3.8) is 0 Å². The molecule has 94 valence electrons. The van der Waals surface area contributed by atoms with Gasteiger partial charge in [0.25, 0.3) is 0 Å². The summed E-state index contributed by atoms with van der Waals surface area (Å²) in [5, 5.41) is 12.8. The zero-order chi connectivity index (χ0) is 12.7. The first-order chi connectivity index (χ1) is 7.83. The average molecular weight is 255 g/mol. The number of nitrogens with one attached hydrogen (secondary N) is 1. The summed E-state index contributed by atoms with van der Waals surface area (Å²) in [6.45, 7) is 6.61. The van der Waals surface area contributed by atoms with Gasteiger partial charge >= 0.3 is 5.97 Å². The second-order valence-electron chi connectivity index (χ2n) is 5.61. The number of carboxylic acid groups (broad SMARTS) is 1. The predicted molar refractivity (Wildman–Crippen MR) is 66.4 cm³/mol. The molecule has 5 nitrogen and oxygen atoms in total. The van der Waals surface area contributed by atoms with E-state index in [0.717, 1.165) is 18.7 Å². The summed E-state index contributed by atoms with van der Waals surface area (Å²) in [5.74, 6) is 0.0794. The first kappa shape index (κ1) is 12.3. The molecular weight excluding hydrogens is 238 g/mol. The zero-order valence-electron chi connectivity index (χ0n) is 10.3. The van der Waals surface area contributed by atoms with Crippen LogP contribution in [0.2, 0.25) is 0 Å². The standard InChI is InChI=1S/C11H17N3O2S/c1-10(2,3)7-13-9(17-14-7)12-6-11(4-5-11)8(15)16/h4-6H2,1-3H3,(H,15,16)(H,12,13,14). The molecule has 1 heterocycles. The molecule has 0 spiro atoms. The number of nitrogens with zero attached hydrogens (tertiary/aromatic N) is 2. The van der Waals surface area contributed by atoms with Gasteiger partial charge in [0.05, 0.1) is 5.41 Å². The molecule has 2 N–H and O–H groups in total. The summed E-state index contributed by atoms with van der Waals surface area (Å²) in [5.41, 5.74) is -0.631. The Bertz CT molecular complexity index is 432. The molecule has 1 aromatic rings. The Morgan fingerprint density at radius 1 is 1.53 bits per heavy atom. The fourth-order valence-corrected chi connectivity index (χ4v) is 2.21. The van der Waals surface area contributed by atoms with Crippen LogP contribution in [0.5, 0.6) is 0 Å². The lowest BCUT2D eigenvalue weighted by molar-refractivity contribution is -0.142. The van der Waals surface area contributed by atoms with Gasteiger partial charge in [-0.15, -0.1) is 0 Å². The van der Waals surface area contributed by atoms with Crippen molar-refractivity contribution in [3.8, 4) is 0 Å². The summed E-state index contributed by atoms with van der Waals surface area (Å²) in [7, 11) is 0. The van der Waals surface area contributed by atoms with Crippen molar-refractivity contribution in [1.82, 2.24) is 9.36 Å². The molecule has 6 heteroatoms. The van der Waals surface area contributed by atoms with Crippen molar-refractivity contribution in [3.05, 3.63) is 5.82 Å². The monoisotopic (exact) mass is 255 g/mol. The Kier molecular flexibility index (Phi) is 2.85. The molecule has 0 atom stereocenters. The van der Waals surface area contributed by atoms with Gasteiger partial charge in [-0.05, 0) is 12.8 Å². The highest BCUT2D eigenvalue weighted by molar-refractivity contribution is 7.09. The smallest absolute Gasteiger partial charge is 0.311 e. The Labute approximate surface area is 104 Å². The fourth-order valence-electron chi connectivity index (χ4n) is 1.46. The van der Waals surface area contributed by atoms with E-state index < -0.39 is 11.4 Å². The summed E-state index contributed by atoms with van der Waals surface area (Å²) >= 11 is 1.29. The highest BCUT2D eigenvalue weighted by atomic mass is 32.1. The number of aromatic nitrogens is 2. The second kappa shape index (κ2) is 3.94. The molecule has 1 aromatic heterocycles. The lowest BCUT2D eigenvalue weighted by Gasteiger charge is -2.12. The van der Waals surface area contributed by atoms with E-state index in [1.54, 1.807) is 0 Å². The Morgan fingerprint density at radius 2 is 2.18 bits per heavy atom. The third-order valence-electron chi connectivity index (χ3n) is 2.98. The lowest BCUT2D eigenvalue weighted by atomic mass is 9.96. The molecule has 2 rings (SSSR count). The van der Waals surface area contributed by atoms with Crippen molar-refractivity contribution in [1.29, 1.82) is 0 Å². The maximum absolute atomic E-state index is 11.0. The number of hydrogen-bond donors (Lipinski definition) is 2. The second-order valence-corrected chi connectivity index (χ2v) is 6.36. The van der Waals surface area contributed by atoms with Crippen LogP contribution in [0, 0.1) is 5.41 Å². The molecule has 0 aromatic carbocycles. The van der Waals surface area contributed by atoms with Crippen LogP contribution < -0.4 is 5.32 Å². The molecule has 0 saturated heterocycles. The van der Waals surface area contributed by atoms with Gasteiger partial charge in [-0.2, -0.15) is 4.37 Å². The number of hydrogen-bond acceptors (Lipinski definition) is 5. The Balaban J connectivity index is 1.97. The fraction of sp³-hybridized carbons (Fsp3) is 0.727. The SMILES string of the molecule is CC(C)(C)c1nsc(NCC2(C(=O)O)CC2)n1. The van der Waals surface area contributed by atoms with Crippen LogP contribution in [0.4, 0.5) is 5.13 Å². The number of anilines is 1. The summed E-state index contributed by atoms with van der Waals surface area (Å²) < 4.78 is 4.27. The van der Waals surface area contributed by atoms with Crippen LogP contribution >= 0.6 is 11.5 Å². The van der Waals surface area contributed by atoms with Gasteiger partial charge in [-0.3, -0.25) is 4.79 Å². The molecule has 0 unspecified atom stereocenters. The van der Waals surface area contributed by atoms with E-state index in [4.69, 9.17) is 5.11 Å². The molecule has 0 bridgehead atoms. The van der Waals surface area contributed by atoms with Crippen LogP contribution in [0.1, 0.15) is 39.4 Å². The van der Waals surface area contributed by atoms with E-state index in [2.05, 4.69) is 35.4 Å². The molecule has 0 aliphatic heterocycles. The minimum Gasteiger partial charge on any atom is -0.481 e. The lowest BCUT2D eigenvalue weighted by Crippen LogP contribution is -2.24. The zero-order valence-corrected chi connectivity index (χ0v) is 11.1. The van der Waals surface area contributed by atoms with E-state index in [-0.39, 0.29) is 5.41 Å². The van der Waals surface area contributed by atoms with Crippen LogP contribution in [-0.4, -0.2) is 27.0 Å². The van der Waals surface area contributed by atoms with E-state index >= 15 is 0 Å². The largest absolute Gasteiger partial charge is 0.481 e. The maximum atomic E-state index is 11.0. The highest BCUT2D eigenvalue weighted by Crippen LogP contribution is 2.45. The van der Waals surface area contributed by atoms with Crippen LogP contribution in [0.15, 0.2) is 0 Å². The number of carbonyl (C=O) groups is 1. The number of aliphatic carboxylic acids is 1. The minimum absolute atomic E-state index is 0.0690. The van der Waals surface area contributed by atoms with Crippen molar-refractivity contribution in [2.75, 3.05) is 11.9 Å². The van der Waals surface area contributed by atoms with Crippen LogP contribution in [-0.2, 0) is 10.2 Å². The Hall–Kier alpha value is -1.17. The molecule has 1 saturated carbocycles. The number of rotatable bonds is 4. The van der Waals surface area contributed by atoms with Gasteiger partial charge in [-0.25, -0.2) is 4.98 Å².